The second kappa shape index (κ2) is 8.42. The first kappa shape index (κ1) is 19.9. The van der Waals surface area contributed by atoms with Gasteiger partial charge in [-0.3, -0.25) is 0 Å². The maximum atomic E-state index is 12.5. The fourth-order valence-corrected chi connectivity index (χ4v) is 2.81. The van der Waals surface area contributed by atoms with Gasteiger partial charge in [-0.2, -0.15) is 0 Å². The van der Waals surface area contributed by atoms with E-state index in [4.69, 9.17) is 14.2 Å². The minimum atomic E-state index is -0.710. The van der Waals surface area contributed by atoms with Crippen molar-refractivity contribution in [2.75, 3.05) is 25.7 Å². The Morgan fingerprint density at radius 2 is 1.83 bits per heavy atom. The van der Waals surface area contributed by atoms with Gasteiger partial charge in [0, 0.05) is 11.9 Å². The first-order valence-corrected chi connectivity index (χ1v) is 8.72. The minimum absolute atomic E-state index is 0.00571. The first-order chi connectivity index (χ1) is 14.0. The molecule has 150 valence electrons. The van der Waals surface area contributed by atoms with Crippen molar-refractivity contribution in [3.05, 3.63) is 59.7 Å². The summed E-state index contributed by atoms with van der Waals surface area (Å²) >= 11 is 0. The number of carbonyl (C=O) groups excluding carboxylic acids is 3. The third-order valence-electron chi connectivity index (χ3n) is 4.10. The van der Waals surface area contributed by atoms with Crippen LogP contribution < -0.4 is 4.90 Å². The van der Waals surface area contributed by atoms with Gasteiger partial charge in [0.25, 0.3) is 0 Å². The highest BCUT2D eigenvalue weighted by Crippen LogP contribution is 2.28. The molecule has 1 aromatic carbocycles. The molecule has 0 saturated heterocycles. The molecule has 0 fully saturated rings. The molecular weight excluding hydrogens is 378 g/mol. The van der Waals surface area contributed by atoms with Crippen LogP contribution in [0.3, 0.4) is 0 Å². The standard InChI is InChI=1S/C20H19N3O6/c1-4-29-20(26)17-21-14-9-8-12(11-15(14)22-17)23-10-6-5-7-13(18(24)27-2)16(23)19(25)28-3/h5-11H,4H2,1-3H3,(H,21,22). The summed E-state index contributed by atoms with van der Waals surface area (Å²) in [5, 5.41) is 0. The predicted molar refractivity (Wildman–Crippen MR) is 104 cm³/mol. The number of carbonyl (C=O) groups is 3. The van der Waals surface area contributed by atoms with Crippen molar-refractivity contribution in [2.24, 2.45) is 0 Å². The SMILES string of the molecule is CCOC(=O)c1nc2ccc(N3C=CC=CC(C(=O)OC)=C3C(=O)OC)cc2[nH]1. The molecule has 1 aliphatic rings. The lowest BCUT2D eigenvalue weighted by atomic mass is 10.1. The number of H-pyrrole nitrogens is 1. The number of aromatic nitrogens is 2. The van der Waals surface area contributed by atoms with Crippen molar-refractivity contribution in [1.29, 1.82) is 0 Å². The van der Waals surface area contributed by atoms with Crippen LogP contribution in [0, 0.1) is 0 Å². The van der Waals surface area contributed by atoms with Gasteiger partial charge in [0.05, 0.1) is 37.4 Å². The summed E-state index contributed by atoms with van der Waals surface area (Å²) in [6.45, 7) is 1.94. The van der Waals surface area contributed by atoms with Gasteiger partial charge in [-0.05, 0) is 37.3 Å². The highest BCUT2D eigenvalue weighted by Gasteiger charge is 2.27. The molecule has 9 nitrogen and oxygen atoms in total. The molecule has 29 heavy (non-hydrogen) atoms. The van der Waals surface area contributed by atoms with Crippen molar-refractivity contribution in [3.8, 4) is 0 Å². The van der Waals surface area contributed by atoms with Crippen molar-refractivity contribution < 1.29 is 28.6 Å². The highest BCUT2D eigenvalue weighted by molar-refractivity contribution is 6.05. The third kappa shape index (κ3) is 3.88. The lowest BCUT2D eigenvalue weighted by molar-refractivity contribution is -0.139. The fraction of sp³-hybridized carbons (Fsp3) is 0.200. The molecule has 0 saturated carbocycles. The molecule has 2 aromatic rings. The number of imidazole rings is 1. The topological polar surface area (TPSA) is 111 Å². The molecule has 0 bridgehead atoms. The minimum Gasteiger partial charge on any atom is -0.465 e. The summed E-state index contributed by atoms with van der Waals surface area (Å²) in [6, 6.07) is 5.08. The number of hydrogen-bond acceptors (Lipinski definition) is 8. The molecule has 2 heterocycles. The van der Waals surface area contributed by atoms with Crippen molar-refractivity contribution in [3.63, 3.8) is 0 Å². The summed E-state index contributed by atoms with van der Waals surface area (Å²) in [5.74, 6) is -1.88. The maximum Gasteiger partial charge on any atom is 0.374 e. The molecule has 0 spiro atoms. The summed E-state index contributed by atoms with van der Waals surface area (Å²) < 4.78 is 14.6. The quantitative estimate of drug-likeness (QED) is 0.604. The first-order valence-electron chi connectivity index (χ1n) is 8.72. The van der Waals surface area contributed by atoms with E-state index < -0.39 is 17.9 Å². The number of ether oxygens (including phenoxy) is 3. The maximum absolute atomic E-state index is 12.5. The third-order valence-corrected chi connectivity index (χ3v) is 4.10. The van der Waals surface area contributed by atoms with Crippen LogP contribution in [0.5, 0.6) is 0 Å². The van der Waals surface area contributed by atoms with Crippen LogP contribution >= 0.6 is 0 Å². The normalized spacial score (nSPS) is 13.4. The van der Waals surface area contributed by atoms with Gasteiger partial charge in [-0.15, -0.1) is 0 Å². The Hall–Kier alpha value is -3.88. The molecule has 1 aliphatic heterocycles. The molecular formula is C20H19N3O6. The number of anilines is 1. The number of hydrogen-bond donors (Lipinski definition) is 1. The summed E-state index contributed by atoms with van der Waals surface area (Å²) in [4.78, 5) is 45.2. The smallest absolute Gasteiger partial charge is 0.374 e. The number of rotatable bonds is 5. The molecule has 0 aliphatic carbocycles. The number of allylic oxidation sites excluding steroid dienone is 2. The average Bonchev–Trinajstić information content (AvgIpc) is 3.04. The predicted octanol–water partition coefficient (Wildman–Crippen LogP) is 2.23. The number of nitrogens with one attached hydrogen (secondary N) is 1. The van der Waals surface area contributed by atoms with Gasteiger partial charge >= 0.3 is 17.9 Å². The van der Waals surface area contributed by atoms with Gasteiger partial charge in [-0.25, -0.2) is 19.4 Å². The van der Waals surface area contributed by atoms with E-state index in [1.54, 1.807) is 43.5 Å². The van der Waals surface area contributed by atoms with E-state index in [1.165, 1.54) is 25.2 Å². The Bertz CT molecular complexity index is 1060. The molecule has 0 radical (unpaired) electrons. The van der Waals surface area contributed by atoms with Crippen LogP contribution in [0.25, 0.3) is 11.0 Å². The molecule has 1 aromatic heterocycles. The summed E-state index contributed by atoms with van der Waals surface area (Å²) in [7, 11) is 2.46. The molecule has 9 heteroatoms. The van der Waals surface area contributed by atoms with E-state index in [0.717, 1.165) is 0 Å². The zero-order chi connectivity index (χ0) is 21.0. The van der Waals surface area contributed by atoms with E-state index in [-0.39, 0.29) is 23.7 Å². The van der Waals surface area contributed by atoms with E-state index in [9.17, 15) is 14.4 Å². The van der Waals surface area contributed by atoms with Crippen molar-refractivity contribution in [1.82, 2.24) is 9.97 Å². The Morgan fingerprint density at radius 3 is 2.52 bits per heavy atom. The molecule has 3 rings (SSSR count). The number of methoxy groups -OCH3 is 2. The van der Waals surface area contributed by atoms with Crippen LogP contribution in [0.15, 0.2) is 53.9 Å². The lowest BCUT2D eigenvalue weighted by Gasteiger charge is -2.23. The highest BCUT2D eigenvalue weighted by atomic mass is 16.5. The van der Waals surface area contributed by atoms with Gasteiger partial charge in [0.15, 0.2) is 0 Å². The Morgan fingerprint density at radius 1 is 1.07 bits per heavy atom. The van der Waals surface area contributed by atoms with E-state index in [1.807, 2.05) is 0 Å². The van der Waals surface area contributed by atoms with Crippen molar-refractivity contribution in [2.45, 2.75) is 6.92 Å². The van der Waals surface area contributed by atoms with Crippen LogP contribution in [0.1, 0.15) is 17.5 Å². The van der Waals surface area contributed by atoms with Crippen LogP contribution in [0.4, 0.5) is 5.69 Å². The van der Waals surface area contributed by atoms with E-state index >= 15 is 0 Å². The van der Waals surface area contributed by atoms with E-state index in [0.29, 0.717) is 16.7 Å². The van der Waals surface area contributed by atoms with Gasteiger partial charge in [-0.1, -0.05) is 6.08 Å². The molecule has 0 amide bonds. The Kier molecular flexibility index (Phi) is 5.77. The fourth-order valence-electron chi connectivity index (χ4n) is 2.81. The molecule has 0 atom stereocenters. The van der Waals surface area contributed by atoms with E-state index in [2.05, 4.69) is 9.97 Å². The van der Waals surface area contributed by atoms with Gasteiger partial charge in [0.1, 0.15) is 5.70 Å². The second-order valence-electron chi connectivity index (χ2n) is 5.82. The molecule has 0 unspecified atom stereocenters. The number of nitrogens with zero attached hydrogens (tertiary/aromatic N) is 2. The van der Waals surface area contributed by atoms with Gasteiger partial charge < -0.3 is 24.1 Å². The zero-order valence-corrected chi connectivity index (χ0v) is 16.1. The number of aromatic amines is 1. The lowest BCUT2D eigenvalue weighted by Crippen LogP contribution is -2.26. The number of esters is 3. The average molecular weight is 397 g/mol. The van der Waals surface area contributed by atoms with Crippen LogP contribution in [0.2, 0.25) is 0 Å². The largest absolute Gasteiger partial charge is 0.465 e. The Labute approximate surface area is 166 Å². The molecule has 1 N–H and O–H groups in total. The van der Waals surface area contributed by atoms with Gasteiger partial charge in [0.2, 0.25) is 5.82 Å². The second-order valence-corrected chi connectivity index (χ2v) is 5.82. The zero-order valence-electron chi connectivity index (χ0n) is 16.1. The summed E-state index contributed by atoms with van der Waals surface area (Å²) in [5.41, 5.74) is 1.68. The van der Waals surface area contributed by atoms with Crippen molar-refractivity contribution >= 4 is 34.6 Å². The monoisotopic (exact) mass is 397 g/mol. The summed E-state index contributed by atoms with van der Waals surface area (Å²) in [6.07, 6.45) is 6.37. The van der Waals surface area contributed by atoms with Crippen LogP contribution in [-0.4, -0.2) is 48.7 Å². The number of fused-ring (bicyclic) bond motifs is 1. The number of benzene rings is 1. The Balaban J connectivity index is 2.11. The van der Waals surface area contributed by atoms with Crippen LogP contribution in [-0.2, 0) is 23.8 Å².